The first-order chi connectivity index (χ1) is 14.4. The van der Waals surface area contributed by atoms with Gasteiger partial charge in [0, 0.05) is 34.5 Å². The van der Waals surface area contributed by atoms with Gasteiger partial charge in [0.1, 0.15) is 5.78 Å². The molecule has 1 aliphatic heterocycles. The van der Waals surface area contributed by atoms with E-state index < -0.39 is 17.8 Å². The van der Waals surface area contributed by atoms with Crippen LogP contribution >= 0.6 is 11.3 Å². The molecule has 30 heavy (non-hydrogen) atoms. The topological polar surface area (TPSA) is 84.9 Å². The zero-order valence-electron chi connectivity index (χ0n) is 17.0. The predicted molar refractivity (Wildman–Crippen MR) is 114 cm³/mol. The fourth-order valence-electron chi connectivity index (χ4n) is 4.40. The molecule has 2 heterocycles. The summed E-state index contributed by atoms with van der Waals surface area (Å²) in [6.45, 7) is 1.80. The lowest BCUT2D eigenvalue weighted by molar-refractivity contribution is -0.136. The van der Waals surface area contributed by atoms with Crippen molar-refractivity contribution in [3.05, 3.63) is 69.2 Å². The average molecular weight is 426 g/mol. The van der Waals surface area contributed by atoms with Gasteiger partial charge in [-0.25, -0.2) is 4.79 Å². The van der Waals surface area contributed by atoms with E-state index in [0.717, 1.165) is 10.6 Å². The summed E-state index contributed by atoms with van der Waals surface area (Å²) in [6.07, 6.45) is 2.45. The first-order valence-corrected chi connectivity index (χ1v) is 10.5. The number of hydrogen-bond acceptors (Lipinski definition) is 7. The highest BCUT2D eigenvalue weighted by molar-refractivity contribution is 7.10. The molecule has 3 atom stereocenters. The number of nitrogens with one attached hydrogen (secondary N) is 1. The van der Waals surface area contributed by atoms with Crippen LogP contribution in [0.5, 0.6) is 11.5 Å². The fraction of sp³-hybridized carbons (Fsp3) is 0.304. The van der Waals surface area contributed by atoms with Crippen LogP contribution in [-0.2, 0) is 14.3 Å². The number of aromatic hydroxyl groups is 1. The molecule has 0 spiro atoms. The van der Waals surface area contributed by atoms with E-state index in [1.807, 2.05) is 17.5 Å². The van der Waals surface area contributed by atoms with Gasteiger partial charge in [-0.3, -0.25) is 4.79 Å². The molecule has 3 unspecified atom stereocenters. The van der Waals surface area contributed by atoms with Gasteiger partial charge in [-0.05, 0) is 36.1 Å². The number of hydrogen-bond donors (Lipinski definition) is 2. The molecular weight excluding hydrogens is 402 g/mol. The van der Waals surface area contributed by atoms with Gasteiger partial charge < -0.3 is 19.9 Å². The molecule has 1 aromatic heterocycles. The third-order valence-electron chi connectivity index (χ3n) is 5.74. The number of rotatable bonds is 4. The van der Waals surface area contributed by atoms with Gasteiger partial charge in [0.05, 0.1) is 25.7 Å². The molecule has 4 rings (SSSR count). The number of ether oxygens (including phenoxy) is 2. The van der Waals surface area contributed by atoms with Crippen molar-refractivity contribution in [3.63, 3.8) is 0 Å². The van der Waals surface area contributed by atoms with Crippen molar-refractivity contribution in [2.45, 2.75) is 25.2 Å². The minimum Gasteiger partial charge on any atom is -0.504 e. The zero-order valence-corrected chi connectivity index (χ0v) is 17.8. The van der Waals surface area contributed by atoms with Crippen molar-refractivity contribution in [1.82, 2.24) is 5.32 Å². The Morgan fingerprint density at radius 1 is 1.23 bits per heavy atom. The highest BCUT2D eigenvalue weighted by Crippen LogP contribution is 2.47. The Morgan fingerprint density at radius 2 is 2.03 bits per heavy atom. The quantitative estimate of drug-likeness (QED) is 0.724. The molecule has 0 saturated carbocycles. The van der Waals surface area contributed by atoms with Crippen molar-refractivity contribution in [2.75, 3.05) is 14.2 Å². The first-order valence-electron chi connectivity index (χ1n) is 9.65. The molecule has 0 fully saturated rings. The molecule has 0 saturated heterocycles. The van der Waals surface area contributed by atoms with Crippen LogP contribution < -0.4 is 10.1 Å². The Balaban J connectivity index is 1.85. The van der Waals surface area contributed by atoms with Crippen LogP contribution in [0.3, 0.4) is 0 Å². The number of carbonyl (C=O) groups excluding carboxylic acids is 2. The van der Waals surface area contributed by atoms with Crippen molar-refractivity contribution in [2.24, 2.45) is 5.92 Å². The molecule has 1 aromatic carbocycles. The third-order valence-corrected chi connectivity index (χ3v) is 6.74. The number of esters is 1. The van der Waals surface area contributed by atoms with Crippen LogP contribution in [0.1, 0.15) is 35.6 Å². The summed E-state index contributed by atoms with van der Waals surface area (Å²) >= 11 is 1.63. The van der Waals surface area contributed by atoms with Gasteiger partial charge in [-0.15, -0.1) is 11.3 Å². The normalized spacial score (nSPS) is 23.4. The van der Waals surface area contributed by atoms with E-state index >= 15 is 0 Å². The van der Waals surface area contributed by atoms with Crippen LogP contribution in [0.25, 0.3) is 0 Å². The molecule has 0 bridgehead atoms. The zero-order chi connectivity index (χ0) is 21.4. The lowest BCUT2D eigenvalue weighted by Crippen LogP contribution is -2.41. The van der Waals surface area contributed by atoms with Gasteiger partial charge in [0.15, 0.2) is 11.5 Å². The highest BCUT2D eigenvalue weighted by Gasteiger charge is 2.45. The van der Waals surface area contributed by atoms with E-state index in [2.05, 4.69) is 11.4 Å². The van der Waals surface area contributed by atoms with E-state index in [4.69, 9.17) is 9.47 Å². The lowest BCUT2D eigenvalue weighted by Gasteiger charge is -2.39. The van der Waals surface area contributed by atoms with Crippen molar-refractivity contribution >= 4 is 23.1 Å². The minimum atomic E-state index is -0.557. The lowest BCUT2D eigenvalue weighted by atomic mass is 9.69. The SMILES string of the molecule is COC(=O)C1=C(C)NC2=CC(c3cccs3)CC(=O)C2C1c1ccc(OC)c(O)c1. The van der Waals surface area contributed by atoms with Gasteiger partial charge in [0.2, 0.25) is 0 Å². The highest BCUT2D eigenvalue weighted by atomic mass is 32.1. The molecule has 2 aliphatic rings. The van der Waals surface area contributed by atoms with E-state index in [9.17, 15) is 14.7 Å². The van der Waals surface area contributed by atoms with E-state index in [1.165, 1.54) is 14.2 Å². The molecule has 7 heteroatoms. The number of benzene rings is 1. The number of phenolic OH excluding ortho intramolecular Hbond substituents is 1. The summed E-state index contributed by atoms with van der Waals surface area (Å²) in [5, 5.41) is 15.6. The molecule has 0 amide bonds. The predicted octanol–water partition coefficient (Wildman–Crippen LogP) is 3.85. The van der Waals surface area contributed by atoms with Crippen LogP contribution in [0.15, 0.2) is 58.8 Å². The number of methoxy groups -OCH3 is 2. The standard InChI is InChI=1S/C23H23NO5S/c1-12-20(23(27)29-3)21(13-6-7-18(28-2)16(25)10-13)22-15(24-12)9-14(11-17(22)26)19-5-4-8-30-19/h4-10,14,21-22,24-25H,11H2,1-3H3. The smallest absolute Gasteiger partial charge is 0.336 e. The Hall–Kier alpha value is -3.06. The maximum atomic E-state index is 13.4. The molecule has 0 radical (unpaired) electrons. The number of allylic oxidation sites excluding steroid dienone is 3. The second-order valence-electron chi connectivity index (χ2n) is 7.46. The summed E-state index contributed by atoms with van der Waals surface area (Å²) in [5.41, 5.74) is 2.49. The maximum Gasteiger partial charge on any atom is 0.336 e. The number of thiophene rings is 1. The Kier molecular flexibility index (Phi) is 5.39. The second-order valence-corrected chi connectivity index (χ2v) is 8.44. The summed E-state index contributed by atoms with van der Waals surface area (Å²) < 4.78 is 10.2. The largest absolute Gasteiger partial charge is 0.504 e. The Morgan fingerprint density at radius 3 is 2.67 bits per heavy atom. The van der Waals surface area contributed by atoms with Crippen LogP contribution in [0.4, 0.5) is 0 Å². The summed E-state index contributed by atoms with van der Waals surface area (Å²) in [6, 6.07) is 8.99. The van der Waals surface area contributed by atoms with Crippen LogP contribution in [0, 0.1) is 5.92 Å². The summed E-state index contributed by atoms with van der Waals surface area (Å²) in [5.74, 6) is -1.25. The molecule has 1 aliphatic carbocycles. The Labute approximate surface area is 178 Å². The summed E-state index contributed by atoms with van der Waals surface area (Å²) in [7, 11) is 2.80. The summed E-state index contributed by atoms with van der Waals surface area (Å²) in [4.78, 5) is 27.2. The monoisotopic (exact) mass is 425 g/mol. The number of fused-ring (bicyclic) bond motifs is 1. The van der Waals surface area contributed by atoms with Crippen LogP contribution in [0.2, 0.25) is 0 Å². The molecular formula is C23H23NO5S. The minimum absolute atomic E-state index is 0.00801. The molecule has 156 valence electrons. The third kappa shape index (κ3) is 3.39. The van der Waals surface area contributed by atoms with Gasteiger partial charge >= 0.3 is 5.97 Å². The fourth-order valence-corrected chi connectivity index (χ4v) is 5.20. The van der Waals surface area contributed by atoms with E-state index in [0.29, 0.717) is 29.0 Å². The van der Waals surface area contributed by atoms with Gasteiger partial charge in [-0.2, -0.15) is 0 Å². The van der Waals surface area contributed by atoms with Crippen molar-refractivity contribution < 1.29 is 24.2 Å². The van der Waals surface area contributed by atoms with Crippen molar-refractivity contribution in [1.29, 1.82) is 0 Å². The molecule has 2 N–H and O–H groups in total. The molecule has 2 aromatic rings. The van der Waals surface area contributed by atoms with Crippen LogP contribution in [-0.4, -0.2) is 31.1 Å². The number of Topliss-reactive ketones (excluding diaryl/α,β-unsaturated/α-hetero) is 1. The number of carbonyl (C=O) groups is 2. The van der Waals surface area contributed by atoms with E-state index in [1.54, 1.807) is 36.5 Å². The van der Waals surface area contributed by atoms with E-state index in [-0.39, 0.29) is 17.5 Å². The number of phenols is 1. The maximum absolute atomic E-state index is 13.4. The second kappa shape index (κ2) is 7.99. The van der Waals surface area contributed by atoms with Gasteiger partial charge in [0.25, 0.3) is 0 Å². The first kappa shape index (κ1) is 20.2. The van der Waals surface area contributed by atoms with Gasteiger partial charge in [-0.1, -0.05) is 18.2 Å². The molecule has 6 nitrogen and oxygen atoms in total. The Bertz CT molecular complexity index is 1050. The van der Waals surface area contributed by atoms with Crippen molar-refractivity contribution in [3.8, 4) is 11.5 Å². The number of ketones is 1. The average Bonchev–Trinajstić information content (AvgIpc) is 3.27.